The van der Waals surface area contributed by atoms with Crippen molar-refractivity contribution in [3.63, 3.8) is 0 Å². The molecule has 1 aromatic carbocycles. The first-order valence-corrected chi connectivity index (χ1v) is 6.68. The molecule has 0 saturated heterocycles. The molecule has 0 fully saturated rings. The van der Waals surface area contributed by atoms with Crippen LogP contribution in [0.3, 0.4) is 0 Å². The van der Waals surface area contributed by atoms with Gasteiger partial charge in [0.25, 0.3) is 0 Å². The summed E-state index contributed by atoms with van der Waals surface area (Å²) in [5, 5.41) is 10.1. The maximum atomic E-state index is 11.4. The number of rotatable bonds is 3. The summed E-state index contributed by atoms with van der Waals surface area (Å²) in [6.07, 6.45) is 1.52. The Morgan fingerprint density at radius 1 is 1.23 bits per heavy atom. The molecule has 0 radical (unpaired) electrons. The zero-order valence-corrected chi connectivity index (χ0v) is 12.2. The molecule has 22 heavy (non-hydrogen) atoms. The normalized spacial score (nSPS) is 10.6. The van der Waals surface area contributed by atoms with Crippen LogP contribution in [0.1, 0.15) is 10.5 Å². The number of nitrogens with zero attached hydrogens (tertiary/aromatic N) is 3. The Labute approximate surface area is 130 Å². The predicted molar refractivity (Wildman–Crippen MR) is 81.3 cm³/mol. The van der Waals surface area contributed by atoms with Crippen LogP contribution in [0.2, 0.25) is 5.02 Å². The molecule has 2 heterocycles. The van der Waals surface area contributed by atoms with Crippen molar-refractivity contribution < 1.29 is 14.6 Å². The van der Waals surface area contributed by atoms with Crippen molar-refractivity contribution in [3.8, 4) is 17.3 Å². The van der Waals surface area contributed by atoms with E-state index in [0.717, 1.165) is 0 Å². The molecule has 1 N–H and O–H groups in total. The van der Waals surface area contributed by atoms with Crippen LogP contribution in [0, 0.1) is 0 Å². The summed E-state index contributed by atoms with van der Waals surface area (Å²) in [6.45, 7) is 0. The maximum absolute atomic E-state index is 11.4. The lowest BCUT2D eigenvalue weighted by Gasteiger charge is -2.07. The Bertz CT molecular complexity index is 866. The highest BCUT2D eigenvalue weighted by molar-refractivity contribution is 6.35. The summed E-state index contributed by atoms with van der Waals surface area (Å²) >= 11 is 6.12. The van der Waals surface area contributed by atoms with E-state index < -0.39 is 5.97 Å². The van der Waals surface area contributed by atoms with Gasteiger partial charge < -0.3 is 9.84 Å². The van der Waals surface area contributed by atoms with E-state index in [-0.39, 0.29) is 11.5 Å². The smallest absolute Gasteiger partial charge is 0.355 e. The van der Waals surface area contributed by atoms with Gasteiger partial charge >= 0.3 is 5.97 Å². The fraction of sp³-hybridized carbons (Fsp3) is 0.0667. The van der Waals surface area contributed by atoms with Crippen molar-refractivity contribution in [2.45, 2.75) is 0 Å². The van der Waals surface area contributed by atoms with Gasteiger partial charge in [-0.2, -0.15) is 0 Å². The molecule has 0 bridgehead atoms. The van der Waals surface area contributed by atoms with Crippen LogP contribution in [0.25, 0.3) is 22.3 Å². The molecule has 3 aromatic rings. The zero-order chi connectivity index (χ0) is 15.7. The van der Waals surface area contributed by atoms with Crippen LogP contribution < -0.4 is 4.74 Å². The average molecular weight is 316 g/mol. The van der Waals surface area contributed by atoms with E-state index in [1.165, 1.54) is 13.3 Å². The minimum atomic E-state index is -1.14. The number of carboxylic acid groups (broad SMARTS) is 1. The first-order chi connectivity index (χ1) is 10.6. The van der Waals surface area contributed by atoms with Gasteiger partial charge in [0.1, 0.15) is 0 Å². The standard InChI is InChI=1S/C15H10ClN3O3/c1-22-11-6-5-8(7-17-11)14-18-12-9(3-2-4-10(12)16)13(19-14)15(20)21/h2-7H,1H3,(H,20,21). The second kappa shape index (κ2) is 5.57. The van der Waals surface area contributed by atoms with E-state index in [1.54, 1.807) is 30.3 Å². The van der Waals surface area contributed by atoms with Gasteiger partial charge in [-0.15, -0.1) is 0 Å². The molecule has 0 amide bonds. The van der Waals surface area contributed by atoms with Crippen LogP contribution in [0.4, 0.5) is 0 Å². The summed E-state index contributed by atoms with van der Waals surface area (Å²) in [5.74, 6) is -0.452. The number of aromatic nitrogens is 3. The van der Waals surface area contributed by atoms with Gasteiger partial charge in [0, 0.05) is 23.2 Å². The van der Waals surface area contributed by atoms with E-state index in [4.69, 9.17) is 16.3 Å². The number of halogens is 1. The molecule has 3 rings (SSSR count). The van der Waals surface area contributed by atoms with Crippen LogP contribution >= 0.6 is 11.6 Å². The fourth-order valence-corrected chi connectivity index (χ4v) is 2.26. The second-order valence-electron chi connectivity index (χ2n) is 4.43. The van der Waals surface area contributed by atoms with E-state index in [2.05, 4.69) is 15.0 Å². The highest BCUT2D eigenvalue weighted by Gasteiger charge is 2.16. The Kier molecular flexibility index (Phi) is 3.60. The molecule has 0 aliphatic carbocycles. The molecule has 0 unspecified atom stereocenters. The minimum absolute atomic E-state index is 0.0988. The van der Waals surface area contributed by atoms with Crippen molar-refractivity contribution >= 4 is 28.5 Å². The number of fused-ring (bicyclic) bond motifs is 1. The van der Waals surface area contributed by atoms with E-state index in [9.17, 15) is 9.90 Å². The Morgan fingerprint density at radius 3 is 2.68 bits per heavy atom. The minimum Gasteiger partial charge on any atom is -0.481 e. The fourth-order valence-electron chi connectivity index (χ4n) is 2.04. The predicted octanol–water partition coefficient (Wildman–Crippen LogP) is 3.05. The van der Waals surface area contributed by atoms with Gasteiger partial charge in [-0.1, -0.05) is 23.7 Å². The third-order valence-corrected chi connectivity index (χ3v) is 3.39. The number of hydrogen-bond donors (Lipinski definition) is 1. The van der Waals surface area contributed by atoms with Crippen LogP contribution in [-0.4, -0.2) is 33.1 Å². The van der Waals surface area contributed by atoms with Crippen molar-refractivity contribution in [1.29, 1.82) is 0 Å². The van der Waals surface area contributed by atoms with Crippen molar-refractivity contribution in [1.82, 2.24) is 15.0 Å². The molecule has 0 saturated carbocycles. The van der Waals surface area contributed by atoms with Crippen molar-refractivity contribution in [2.75, 3.05) is 7.11 Å². The van der Waals surface area contributed by atoms with Gasteiger partial charge in [0.05, 0.1) is 17.6 Å². The summed E-state index contributed by atoms with van der Waals surface area (Å²) in [4.78, 5) is 24.0. The van der Waals surface area contributed by atoms with Gasteiger partial charge in [-0.3, -0.25) is 0 Å². The van der Waals surface area contributed by atoms with E-state index >= 15 is 0 Å². The van der Waals surface area contributed by atoms with Gasteiger partial charge in [0.2, 0.25) is 5.88 Å². The molecule has 0 spiro atoms. The molecule has 0 aliphatic heterocycles. The topological polar surface area (TPSA) is 85.2 Å². The highest BCUT2D eigenvalue weighted by atomic mass is 35.5. The van der Waals surface area contributed by atoms with Gasteiger partial charge in [-0.05, 0) is 12.1 Å². The average Bonchev–Trinajstić information content (AvgIpc) is 2.54. The molecule has 2 aromatic heterocycles. The summed E-state index contributed by atoms with van der Waals surface area (Å²) < 4.78 is 4.99. The molecular formula is C15H10ClN3O3. The number of pyridine rings is 1. The number of para-hydroxylation sites is 1. The number of benzene rings is 1. The van der Waals surface area contributed by atoms with Crippen molar-refractivity contribution in [2.24, 2.45) is 0 Å². The summed E-state index contributed by atoms with van der Waals surface area (Å²) in [6, 6.07) is 8.29. The second-order valence-corrected chi connectivity index (χ2v) is 4.83. The number of carbonyl (C=O) groups is 1. The lowest BCUT2D eigenvalue weighted by atomic mass is 10.1. The van der Waals surface area contributed by atoms with E-state index in [0.29, 0.717) is 27.4 Å². The van der Waals surface area contributed by atoms with E-state index in [1.807, 2.05) is 0 Å². The molecule has 0 atom stereocenters. The molecule has 110 valence electrons. The Morgan fingerprint density at radius 2 is 2.05 bits per heavy atom. The molecule has 6 nitrogen and oxygen atoms in total. The Balaban J connectivity index is 2.25. The number of carboxylic acids is 1. The lowest BCUT2D eigenvalue weighted by Crippen LogP contribution is -2.05. The van der Waals surface area contributed by atoms with Crippen molar-refractivity contribution in [3.05, 3.63) is 47.2 Å². The van der Waals surface area contributed by atoms with Gasteiger partial charge in [0.15, 0.2) is 11.5 Å². The summed E-state index contributed by atoms with van der Waals surface area (Å²) in [7, 11) is 1.51. The number of aromatic carboxylic acids is 1. The zero-order valence-electron chi connectivity index (χ0n) is 11.4. The quantitative estimate of drug-likeness (QED) is 0.799. The third kappa shape index (κ3) is 2.44. The molecule has 0 aliphatic rings. The third-order valence-electron chi connectivity index (χ3n) is 3.08. The monoisotopic (exact) mass is 315 g/mol. The van der Waals surface area contributed by atoms with Crippen LogP contribution in [0.5, 0.6) is 5.88 Å². The molecular weight excluding hydrogens is 306 g/mol. The largest absolute Gasteiger partial charge is 0.481 e. The number of hydrogen-bond acceptors (Lipinski definition) is 5. The number of methoxy groups -OCH3 is 1. The first kappa shape index (κ1) is 14.2. The number of ether oxygens (including phenoxy) is 1. The van der Waals surface area contributed by atoms with Crippen LogP contribution in [0.15, 0.2) is 36.5 Å². The highest BCUT2D eigenvalue weighted by Crippen LogP contribution is 2.27. The Hall–Kier alpha value is -2.73. The van der Waals surface area contributed by atoms with Crippen LogP contribution in [-0.2, 0) is 0 Å². The maximum Gasteiger partial charge on any atom is 0.355 e. The lowest BCUT2D eigenvalue weighted by molar-refractivity contribution is 0.0693. The molecule has 7 heteroatoms. The first-order valence-electron chi connectivity index (χ1n) is 6.30. The summed E-state index contributed by atoms with van der Waals surface area (Å²) in [5.41, 5.74) is 0.867. The van der Waals surface area contributed by atoms with Gasteiger partial charge in [-0.25, -0.2) is 19.7 Å². The SMILES string of the molecule is COc1ccc(-c2nc(C(=O)O)c3cccc(Cl)c3n2)cn1.